The minimum absolute atomic E-state index is 0.0284. The summed E-state index contributed by atoms with van der Waals surface area (Å²) in [5, 5.41) is 14.4. The number of nitrogens with one attached hydrogen (secondary N) is 1. The van der Waals surface area contributed by atoms with Gasteiger partial charge in [-0.3, -0.25) is 0 Å². The van der Waals surface area contributed by atoms with E-state index in [1.54, 1.807) is 12.1 Å². The van der Waals surface area contributed by atoms with Gasteiger partial charge in [0, 0.05) is 17.6 Å². The molecule has 0 aromatic heterocycles. The van der Waals surface area contributed by atoms with Gasteiger partial charge in [0.25, 0.3) is 0 Å². The summed E-state index contributed by atoms with van der Waals surface area (Å²) in [4.78, 5) is 0. The van der Waals surface area contributed by atoms with Crippen molar-refractivity contribution < 1.29 is 5.11 Å². The molecule has 2 nitrogen and oxygen atoms in total. The van der Waals surface area contributed by atoms with E-state index in [2.05, 4.69) is 12.2 Å². The molecule has 20 heavy (non-hydrogen) atoms. The van der Waals surface area contributed by atoms with Crippen molar-refractivity contribution in [2.45, 2.75) is 25.9 Å². The number of aromatic hydroxyl groups is 1. The molecule has 0 saturated heterocycles. The summed E-state index contributed by atoms with van der Waals surface area (Å²) in [6.45, 7) is 4.07. The number of phenols is 1. The van der Waals surface area contributed by atoms with Crippen molar-refractivity contribution in [2.75, 3.05) is 0 Å². The highest BCUT2D eigenvalue weighted by Crippen LogP contribution is 2.28. The van der Waals surface area contributed by atoms with Crippen molar-refractivity contribution in [3.05, 3.63) is 63.6 Å². The van der Waals surface area contributed by atoms with Crippen LogP contribution in [0.1, 0.15) is 37.1 Å². The molecule has 0 bridgehead atoms. The molecule has 2 unspecified atom stereocenters. The smallest absolute Gasteiger partial charge is 0.120 e. The molecule has 0 spiro atoms. The zero-order chi connectivity index (χ0) is 14.7. The fourth-order valence-corrected chi connectivity index (χ4v) is 2.50. The Morgan fingerprint density at radius 1 is 0.950 bits per heavy atom. The Hall–Kier alpha value is -1.22. The average molecular weight is 310 g/mol. The lowest BCUT2D eigenvalue weighted by atomic mass is 10.0. The van der Waals surface area contributed by atoms with E-state index in [9.17, 15) is 5.11 Å². The van der Waals surface area contributed by atoms with Crippen molar-refractivity contribution in [2.24, 2.45) is 0 Å². The molecule has 0 heterocycles. The summed E-state index contributed by atoms with van der Waals surface area (Å²) < 4.78 is 0. The number of rotatable bonds is 4. The van der Waals surface area contributed by atoms with Crippen LogP contribution in [0, 0.1) is 0 Å². The third kappa shape index (κ3) is 3.45. The van der Waals surface area contributed by atoms with E-state index in [1.807, 2.05) is 37.3 Å². The summed E-state index contributed by atoms with van der Waals surface area (Å²) in [6.07, 6.45) is 0. The van der Waals surface area contributed by atoms with Crippen LogP contribution in [-0.4, -0.2) is 5.11 Å². The van der Waals surface area contributed by atoms with Gasteiger partial charge in [-0.1, -0.05) is 47.5 Å². The Bertz CT molecular complexity index is 601. The summed E-state index contributed by atoms with van der Waals surface area (Å²) in [5.41, 5.74) is 1.93. The SMILES string of the molecule is CC(NC(C)c1ccccc1O)c1ccc(Cl)c(Cl)c1. The van der Waals surface area contributed by atoms with Crippen LogP contribution in [0.25, 0.3) is 0 Å². The van der Waals surface area contributed by atoms with E-state index in [1.165, 1.54) is 0 Å². The van der Waals surface area contributed by atoms with E-state index in [0.29, 0.717) is 15.8 Å². The molecular weight excluding hydrogens is 293 g/mol. The number of hydrogen-bond acceptors (Lipinski definition) is 2. The molecule has 2 aromatic carbocycles. The van der Waals surface area contributed by atoms with Gasteiger partial charge in [0.2, 0.25) is 0 Å². The van der Waals surface area contributed by atoms with Crippen LogP contribution in [0.2, 0.25) is 10.0 Å². The number of halogens is 2. The lowest BCUT2D eigenvalue weighted by Gasteiger charge is -2.21. The Morgan fingerprint density at radius 2 is 1.65 bits per heavy atom. The largest absolute Gasteiger partial charge is 0.508 e. The highest BCUT2D eigenvalue weighted by molar-refractivity contribution is 6.42. The van der Waals surface area contributed by atoms with Crippen LogP contribution in [0.4, 0.5) is 0 Å². The van der Waals surface area contributed by atoms with E-state index in [0.717, 1.165) is 11.1 Å². The quantitative estimate of drug-likeness (QED) is 0.822. The monoisotopic (exact) mass is 309 g/mol. The van der Waals surface area contributed by atoms with Crippen molar-refractivity contribution in [1.82, 2.24) is 5.32 Å². The van der Waals surface area contributed by atoms with Gasteiger partial charge in [0.05, 0.1) is 10.0 Å². The average Bonchev–Trinajstić information content (AvgIpc) is 2.42. The molecule has 4 heteroatoms. The van der Waals surface area contributed by atoms with Gasteiger partial charge in [-0.25, -0.2) is 0 Å². The van der Waals surface area contributed by atoms with E-state index in [-0.39, 0.29) is 12.1 Å². The Labute approximate surface area is 129 Å². The second kappa shape index (κ2) is 6.49. The number of hydrogen-bond donors (Lipinski definition) is 2. The molecule has 0 fully saturated rings. The summed E-state index contributed by atoms with van der Waals surface area (Å²) in [6, 6.07) is 13.1. The van der Waals surface area contributed by atoms with Gasteiger partial charge < -0.3 is 10.4 Å². The van der Waals surface area contributed by atoms with E-state index >= 15 is 0 Å². The number of phenolic OH excluding ortho intramolecular Hbond substituents is 1. The van der Waals surface area contributed by atoms with Gasteiger partial charge in [0.1, 0.15) is 5.75 Å². The third-order valence-electron chi connectivity index (χ3n) is 3.35. The molecule has 2 N–H and O–H groups in total. The van der Waals surface area contributed by atoms with Crippen molar-refractivity contribution in [3.8, 4) is 5.75 Å². The topological polar surface area (TPSA) is 32.3 Å². The molecule has 0 saturated carbocycles. The maximum Gasteiger partial charge on any atom is 0.120 e. The molecule has 2 aromatic rings. The van der Waals surface area contributed by atoms with Crippen molar-refractivity contribution in [3.63, 3.8) is 0 Å². The highest BCUT2D eigenvalue weighted by atomic mass is 35.5. The molecular formula is C16H17Cl2NO. The second-order valence-corrected chi connectivity index (χ2v) is 5.66. The van der Waals surface area contributed by atoms with Crippen molar-refractivity contribution in [1.29, 1.82) is 0 Å². The summed E-state index contributed by atoms with van der Waals surface area (Å²) >= 11 is 12.0. The van der Waals surface area contributed by atoms with Gasteiger partial charge in [0.15, 0.2) is 0 Å². The predicted octanol–water partition coefficient (Wildman–Crippen LogP) is 5.11. The van der Waals surface area contributed by atoms with Crippen LogP contribution in [0.3, 0.4) is 0 Å². The number of benzene rings is 2. The maximum atomic E-state index is 9.87. The molecule has 106 valence electrons. The fraction of sp³-hybridized carbons (Fsp3) is 0.250. The minimum Gasteiger partial charge on any atom is -0.508 e. The van der Waals surface area contributed by atoms with Crippen LogP contribution in [0.5, 0.6) is 5.75 Å². The number of para-hydroxylation sites is 1. The zero-order valence-corrected chi connectivity index (χ0v) is 12.9. The van der Waals surface area contributed by atoms with E-state index in [4.69, 9.17) is 23.2 Å². The maximum absolute atomic E-state index is 9.87. The fourth-order valence-electron chi connectivity index (χ4n) is 2.20. The normalized spacial score (nSPS) is 14.0. The first-order valence-electron chi connectivity index (χ1n) is 6.48. The molecule has 0 amide bonds. The lowest BCUT2D eigenvalue weighted by Crippen LogP contribution is -2.22. The molecule has 2 rings (SSSR count). The first-order valence-corrected chi connectivity index (χ1v) is 7.23. The Kier molecular flexibility index (Phi) is 4.92. The summed E-state index contributed by atoms with van der Waals surface area (Å²) in [5.74, 6) is 0.300. The van der Waals surface area contributed by atoms with Crippen molar-refractivity contribution >= 4 is 23.2 Å². The molecule has 0 aliphatic heterocycles. The predicted molar refractivity (Wildman–Crippen MR) is 84.5 cm³/mol. The van der Waals surface area contributed by atoms with Crippen LogP contribution in [0.15, 0.2) is 42.5 Å². The van der Waals surface area contributed by atoms with Gasteiger partial charge >= 0.3 is 0 Å². The van der Waals surface area contributed by atoms with Gasteiger partial charge in [-0.15, -0.1) is 0 Å². The zero-order valence-electron chi connectivity index (χ0n) is 11.4. The van der Waals surface area contributed by atoms with Crippen LogP contribution in [-0.2, 0) is 0 Å². The first-order chi connectivity index (χ1) is 9.49. The molecule has 0 aliphatic carbocycles. The van der Waals surface area contributed by atoms with Gasteiger partial charge in [-0.2, -0.15) is 0 Å². The van der Waals surface area contributed by atoms with Crippen LogP contribution < -0.4 is 5.32 Å². The molecule has 0 radical (unpaired) electrons. The van der Waals surface area contributed by atoms with E-state index < -0.39 is 0 Å². The summed E-state index contributed by atoms with van der Waals surface area (Å²) in [7, 11) is 0. The third-order valence-corrected chi connectivity index (χ3v) is 4.09. The Morgan fingerprint density at radius 3 is 2.30 bits per heavy atom. The Balaban J connectivity index is 2.13. The first kappa shape index (κ1) is 15.2. The standard InChI is InChI=1S/C16H17Cl2NO/c1-10(12-7-8-14(17)15(18)9-12)19-11(2)13-5-3-4-6-16(13)20/h3-11,19-20H,1-2H3. The molecule has 0 aliphatic rings. The van der Waals surface area contributed by atoms with Crippen LogP contribution >= 0.6 is 23.2 Å². The highest BCUT2D eigenvalue weighted by Gasteiger charge is 2.14. The second-order valence-electron chi connectivity index (χ2n) is 4.84. The molecule has 2 atom stereocenters. The minimum atomic E-state index is 0.0284. The van der Waals surface area contributed by atoms with Gasteiger partial charge in [-0.05, 0) is 37.6 Å². The lowest BCUT2D eigenvalue weighted by molar-refractivity contribution is 0.438.